The summed E-state index contributed by atoms with van der Waals surface area (Å²) in [4.78, 5) is 29.4. The molecule has 0 saturated heterocycles. The monoisotopic (exact) mass is 351 g/mol. The van der Waals surface area contributed by atoms with E-state index in [0.717, 1.165) is 0 Å². The third-order valence-corrected chi connectivity index (χ3v) is 4.00. The molecule has 134 valence electrons. The van der Waals surface area contributed by atoms with Crippen molar-refractivity contribution in [2.75, 3.05) is 12.4 Å². The first-order valence-corrected chi connectivity index (χ1v) is 8.42. The Bertz CT molecular complexity index is 991. The van der Waals surface area contributed by atoms with Gasteiger partial charge >= 0.3 is 0 Å². The number of benzene rings is 2. The second-order valence-electron chi connectivity index (χ2n) is 6.51. The van der Waals surface area contributed by atoms with Crippen LogP contribution in [0.4, 0.5) is 5.69 Å². The summed E-state index contributed by atoms with van der Waals surface area (Å²) in [5.74, 6) is 0.771. The number of carbonyl (C=O) groups excluding carboxylic acids is 1. The minimum absolute atomic E-state index is 0.107. The molecular formula is C20H21N3O3. The van der Waals surface area contributed by atoms with Crippen LogP contribution in [0.3, 0.4) is 0 Å². The second-order valence-corrected chi connectivity index (χ2v) is 6.51. The van der Waals surface area contributed by atoms with E-state index in [4.69, 9.17) is 4.74 Å². The van der Waals surface area contributed by atoms with Gasteiger partial charge in [0.15, 0.2) is 0 Å². The first kappa shape index (κ1) is 17.7. The lowest BCUT2D eigenvalue weighted by atomic mass is 10.1. The summed E-state index contributed by atoms with van der Waals surface area (Å²) in [7, 11) is 1.57. The first-order valence-electron chi connectivity index (χ1n) is 8.42. The van der Waals surface area contributed by atoms with Gasteiger partial charge in [-0.25, -0.2) is 4.98 Å². The molecule has 1 N–H and O–H groups in total. The number of anilines is 1. The Hall–Kier alpha value is -3.15. The lowest BCUT2D eigenvalue weighted by Crippen LogP contribution is -2.23. The molecule has 3 aromatic rings. The van der Waals surface area contributed by atoms with Crippen LogP contribution in [0.2, 0.25) is 0 Å². The highest BCUT2D eigenvalue weighted by Crippen LogP contribution is 2.17. The maximum atomic E-state index is 12.6. The Kier molecular flexibility index (Phi) is 5.02. The zero-order valence-electron chi connectivity index (χ0n) is 15.0. The van der Waals surface area contributed by atoms with E-state index in [1.54, 1.807) is 60.5 Å². The van der Waals surface area contributed by atoms with Crippen LogP contribution in [0.5, 0.6) is 5.75 Å². The van der Waals surface area contributed by atoms with Crippen molar-refractivity contribution in [1.29, 1.82) is 0 Å². The van der Waals surface area contributed by atoms with Crippen molar-refractivity contribution >= 4 is 22.5 Å². The number of methoxy groups -OCH3 is 1. The van der Waals surface area contributed by atoms with E-state index < -0.39 is 0 Å². The van der Waals surface area contributed by atoms with Gasteiger partial charge in [0.25, 0.3) is 11.5 Å². The zero-order valence-corrected chi connectivity index (χ0v) is 15.0. The van der Waals surface area contributed by atoms with Crippen molar-refractivity contribution in [3.8, 4) is 5.75 Å². The third kappa shape index (κ3) is 3.74. The lowest BCUT2D eigenvalue weighted by molar-refractivity contribution is 0.102. The van der Waals surface area contributed by atoms with Gasteiger partial charge in [0.05, 0.1) is 24.3 Å². The second kappa shape index (κ2) is 7.39. The number of hydrogen-bond acceptors (Lipinski definition) is 4. The molecule has 0 unspecified atom stereocenters. The molecule has 6 nitrogen and oxygen atoms in total. The molecule has 0 spiro atoms. The number of hydrogen-bond donors (Lipinski definition) is 1. The van der Waals surface area contributed by atoms with Crippen molar-refractivity contribution < 1.29 is 9.53 Å². The van der Waals surface area contributed by atoms with E-state index in [0.29, 0.717) is 40.4 Å². The average molecular weight is 351 g/mol. The molecule has 0 fully saturated rings. The van der Waals surface area contributed by atoms with Crippen molar-refractivity contribution in [3.63, 3.8) is 0 Å². The van der Waals surface area contributed by atoms with Gasteiger partial charge in [0.1, 0.15) is 5.75 Å². The molecule has 3 rings (SSSR count). The van der Waals surface area contributed by atoms with Crippen LogP contribution in [0.1, 0.15) is 24.2 Å². The molecular weight excluding hydrogens is 330 g/mol. The van der Waals surface area contributed by atoms with Gasteiger partial charge in [0.2, 0.25) is 0 Å². The van der Waals surface area contributed by atoms with Gasteiger partial charge in [-0.15, -0.1) is 0 Å². The number of nitrogens with one attached hydrogen (secondary N) is 1. The average Bonchev–Trinajstić information content (AvgIpc) is 2.64. The van der Waals surface area contributed by atoms with Gasteiger partial charge < -0.3 is 10.1 Å². The maximum absolute atomic E-state index is 12.6. The number of nitrogens with zero attached hydrogens (tertiary/aromatic N) is 2. The molecule has 0 aliphatic rings. The molecule has 0 radical (unpaired) electrons. The highest BCUT2D eigenvalue weighted by atomic mass is 16.5. The molecule has 1 heterocycles. The zero-order chi connectivity index (χ0) is 18.7. The van der Waals surface area contributed by atoms with E-state index in [2.05, 4.69) is 10.3 Å². The van der Waals surface area contributed by atoms with Crippen LogP contribution in [0.15, 0.2) is 53.6 Å². The van der Waals surface area contributed by atoms with Gasteiger partial charge in [-0.2, -0.15) is 0 Å². The number of rotatable bonds is 5. The van der Waals surface area contributed by atoms with E-state index in [-0.39, 0.29) is 11.5 Å². The Balaban J connectivity index is 1.88. The lowest BCUT2D eigenvalue weighted by Gasteiger charge is -2.10. The summed E-state index contributed by atoms with van der Waals surface area (Å²) in [6.45, 7) is 4.69. The van der Waals surface area contributed by atoms with E-state index in [1.807, 2.05) is 13.8 Å². The summed E-state index contributed by atoms with van der Waals surface area (Å²) in [6, 6.07) is 12.0. The Morgan fingerprint density at radius 1 is 1.19 bits per heavy atom. The normalized spacial score (nSPS) is 10.9. The number of ether oxygens (including phenoxy) is 1. The fourth-order valence-electron chi connectivity index (χ4n) is 2.71. The number of amides is 1. The third-order valence-electron chi connectivity index (χ3n) is 4.00. The minimum Gasteiger partial charge on any atom is -0.497 e. The molecule has 0 bridgehead atoms. The van der Waals surface area contributed by atoms with Gasteiger partial charge in [-0.3, -0.25) is 14.2 Å². The van der Waals surface area contributed by atoms with Gasteiger partial charge in [-0.1, -0.05) is 13.8 Å². The van der Waals surface area contributed by atoms with Gasteiger partial charge in [-0.05, 0) is 48.4 Å². The standard InChI is InChI=1S/C20H21N3O3/c1-13(2)11-23-12-21-18-9-6-15(10-17(18)20(23)25)22-19(24)14-4-7-16(26-3)8-5-14/h4-10,12-13H,11H2,1-3H3,(H,22,24). The quantitative estimate of drug-likeness (QED) is 0.765. The van der Waals surface area contributed by atoms with Crippen molar-refractivity contribution in [2.45, 2.75) is 20.4 Å². The predicted molar refractivity (Wildman–Crippen MR) is 102 cm³/mol. The molecule has 26 heavy (non-hydrogen) atoms. The van der Waals surface area contributed by atoms with Crippen molar-refractivity contribution in [3.05, 3.63) is 64.7 Å². The van der Waals surface area contributed by atoms with Crippen LogP contribution in [0, 0.1) is 5.92 Å². The molecule has 0 atom stereocenters. The van der Waals surface area contributed by atoms with E-state index in [9.17, 15) is 9.59 Å². The molecule has 6 heteroatoms. The highest BCUT2D eigenvalue weighted by Gasteiger charge is 2.10. The summed E-state index contributed by atoms with van der Waals surface area (Å²) >= 11 is 0. The number of carbonyl (C=O) groups is 1. The fraction of sp³-hybridized carbons (Fsp3) is 0.250. The molecule has 0 aliphatic heterocycles. The molecule has 0 aliphatic carbocycles. The van der Waals surface area contributed by atoms with Crippen LogP contribution in [0.25, 0.3) is 10.9 Å². The molecule has 1 amide bonds. The number of aromatic nitrogens is 2. The summed E-state index contributed by atoms with van der Waals surface area (Å²) in [5.41, 5.74) is 1.57. The summed E-state index contributed by atoms with van der Waals surface area (Å²) in [5, 5.41) is 3.31. The van der Waals surface area contributed by atoms with E-state index in [1.165, 1.54) is 0 Å². The largest absolute Gasteiger partial charge is 0.497 e. The van der Waals surface area contributed by atoms with Gasteiger partial charge in [0, 0.05) is 17.8 Å². The van der Waals surface area contributed by atoms with Crippen LogP contribution < -0.4 is 15.6 Å². The Labute approximate surface area is 151 Å². The summed E-state index contributed by atoms with van der Waals surface area (Å²) < 4.78 is 6.69. The van der Waals surface area contributed by atoms with Crippen molar-refractivity contribution in [1.82, 2.24) is 9.55 Å². The molecule has 0 saturated carbocycles. The topological polar surface area (TPSA) is 73.2 Å². The molecule has 2 aromatic carbocycles. The first-order chi connectivity index (χ1) is 12.5. The van der Waals surface area contributed by atoms with E-state index >= 15 is 0 Å². The predicted octanol–water partition coefficient (Wildman–Crippen LogP) is 3.31. The Morgan fingerprint density at radius 2 is 1.92 bits per heavy atom. The smallest absolute Gasteiger partial charge is 0.261 e. The highest BCUT2D eigenvalue weighted by molar-refractivity contribution is 6.05. The maximum Gasteiger partial charge on any atom is 0.261 e. The van der Waals surface area contributed by atoms with Crippen LogP contribution in [-0.4, -0.2) is 22.6 Å². The fourth-order valence-corrected chi connectivity index (χ4v) is 2.71. The van der Waals surface area contributed by atoms with Crippen LogP contribution in [-0.2, 0) is 6.54 Å². The molecule has 1 aromatic heterocycles. The van der Waals surface area contributed by atoms with Crippen LogP contribution >= 0.6 is 0 Å². The number of fused-ring (bicyclic) bond motifs is 1. The van der Waals surface area contributed by atoms with Crippen molar-refractivity contribution in [2.24, 2.45) is 5.92 Å². The summed E-state index contributed by atoms with van der Waals surface area (Å²) in [6.07, 6.45) is 1.57. The Morgan fingerprint density at radius 3 is 2.58 bits per heavy atom. The minimum atomic E-state index is -0.251. The SMILES string of the molecule is COc1ccc(C(=O)Nc2ccc3ncn(CC(C)C)c(=O)c3c2)cc1.